The molecule has 1 aliphatic rings. The van der Waals surface area contributed by atoms with E-state index in [2.05, 4.69) is 20.2 Å². The molecule has 2 atom stereocenters. The van der Waals surface area contributed by atoms with Crippen LogP contribution in [0, 0.1) is 0 Å². The van der Waals surface area contributed by atoms with Crippen molar-refractivity contribution in [1.29, 1.82) is 0 Å². The van der Waals surface area contributed by atoms with Gasteiger partial charge in [-0.3, -0.25) is 9.89 Å². The second-order valence-electron chi connectivity index (χ2n) is 10.0. The molecule has 0 saturated carbocycles. The molecule has 3 aromatic carbocycles. The largest absolute Gasteiger partial charge is 0.485 e. The standard InChI is InChI=1S/C28H25F3N4O5S/c1-27(2)25(36)24(35-41(38,39)19-11-9-18(10-12-19)28(29,30)31)20-14-17(8-13-22(20)40-27)26(37)32-23-15-21(33-34-23)16-6-4-3-5-7-16/h3-15,24-25,35-36H,1-2H3,(H2,32,33,34,37)/t24-,25+/m1/s1. The van der Waals surface area contributed by atoms with Crippen LogP contribution in [0.15, 0.2) is 83.8 Å². The lowest BCUT2D eigenvalue weighted by Gasteiger charge is -2.42. The van der Waals surface area contributed by atoms with Gasteiger partial charge in [0.05, 0.1) is 22.2 Å². The molecule has 9 nitrogen and oxygen atoms in total. The molecule has 0 bridgehead atoms. The number of carbonyl (C=O) groups is 1. The van der Waals surface area contributed by atoms with Crippen molar-refractivity contribution in [2.45, 2.75) is 42.7 Å². The number of H-pyrrole nitrogens is 1. The number of carbonyl (C=O) groups excluding carboxylic acids is 1. The number of anilines is 1. The molecule has 0 unspecified atom stereocenters. The lowest BCUT2D eigenvalue weighted by molar-refractivity contribution is -0.137. The molecule has 214 valence electrons. The number of aromatic amines is 1. The molecule has 0 aliphatic carbocycles. The van der Waals surface area contributed by atoms with E-state index in [0.717, 1.165) is 17.7 Å². The fraction of sp³-hybridized carbons (Fsp3) is 0.214. The Hall–Kier alpha value is -4.20. The average molecular weight is 587 g/mol. The fourth-order valence-corrected chi connectivity index (χ4v) is 5.69. The number of aliphatic hydroxyl groups excluding tert-OH is 1. The SMILES string of the molecule is CC1(C)Oc2ccc(C(=O)Nc3cc(-c4ccccc4)[nH]n3)cc2[C@@H](NS(=O)(=O)c2ccc(C(F)(F)F)cc2)[C@@H]1O. The minimum absolute atomic E-state index is 0.127. The molecule has 0 fully saturated rings. The Kier molecular flexibility index (Phi) is 7.14. The summed E-state index contributed by atoms with van der Waals surface area (Å²) in [6.07, 6.45) is -6.05. The van der Waals surface area contributed by atoms with Gasteiger partial charge in [0.1, 0.15) is 17.5 Å². The quantitative estimate of drug-likeness (QED) is 0.254. The third-order valence-corrected chi connectivity index (χ3v) is 8.14. The number of aliphatic hydroxyl groups is 1. The predicted molar refractivity (Wildman–Crippen MR) is 144 cm³/mol. The van der Waals surface area contributed by atoms with Gasteiger partial charge in [0.25, 0.3) is 5.91 Å². The smallest absolute Gasteiger partial charge is 0.416 e. The Morgan fingerprint density at radius 3 is 2.37 bits per heavy atom. The van der Waals surface area contributed by atoms with Gasteiger partial charge < -0.3 is 15.2 Å². The van der Waals surface area contributed by atoms with Crippen LogP contribution in [-0.4, -0.2) is 41.3 Å². The van der Waals surface area contributed by atoms with Gasteiger partial charge >= 0.3 is 6.18 Å². The van der Waals surface area contributed by atoms with Crippen LogP contribution in [0.25, 0.3) is 11.3 Å². The van der Waals surface area contributed by atoms with Crippen molar-refractivity contribution < 1.29 is 36.2 Å². The van der Waals surface area contributed by atoms with Gasteiger partial charge in [-0.25, -0.2) is 13.1 Å². The van der Waals surface area contributed by atoms with Crippen LogP contribution in [-0.2, 0) is 16.2 Å². The van der Waals surface area contributed by atoms with Crippen molar-refractivity contribution in [3.8, 4) is 17.0 Å². The minimum Gasteiger partial charge on any atom is -0.485 e. The van der Waals surface area contributed by atoms with E-state index in [0.29, 0.717) is 17.8 Å². The van der Waals surface area contributed by atoms with Gasteiger partial charge in [-0.1, -0.05) is 30.3 Å². The highest BCUT2D eigenvalue weighted by molar-refractivity contribution is 7.89. The summed E-state index contributed by atoms with van der Waals surface area (Å²) in [6, 6.07) is 17.1. The third kappa shape index (κ3) is 5.82. The molecule has 1 amide bonds. The van der Waals surface area contributed by atoms with E-state index in [1.54, 1.807) is 19.9 Å². The minimum atomic E-state index is -4.63. The van der Waals surface area contributed by atoms with Crippen molar-refractivity contribution in [2.24, 2.45) is 0 Å². The van der Waals surface area contributed by atoms with Gasteiger partial charge in [0.15, 0.2) is 5.82 Å². The first kappa shape index (κ1) is 28.3. The second kappa shape index (κ2) is 10.3. The fourth-order valence-electron chi connectivity index (χ4n) is 4.47. The van der Waals surface area contributed by atoms with Crippen LogP contribution in [0.5, 0.6) is 5.75 Å². The Labute approximate surface area is 233 Å². The van der Waals surface area contributed by atoms with Gasteiger partial charge in [-0.15, -0.1) is 0 Å². The van der Waals surface area contributed by atoms with Gasteiger partial charge in [-0.05, 0) is 61.9 Å². The molecule has 1 aliphatic heterocycles. The number of hydrogen-bond acceptors (Lipinski definition) is 6. The van der Waals surface area contributed by atoms with Crippen molar-refractivity contribution in [3.63, 3.8) is 0 Å². The van der Waals surface area contributed by atoms with Crippen LogP contribution < -0.4 is 14.8 Å². The number of benzene rings is 3. The van der Waals surface area contributed by atoms with Crippen LogP contribution in [0.3, 0.4) is 0 Å². The molecule has 0 spiro atoms. The summed E-state index contributed by atoms with van der Waals surface area (Å²) in [6.45, 7) is 3.12. The van der Waals surface area contributed by atoms with E-state index >= 15 is 0 Å². The molecule has 5 rings (SSSR count). The first-order valence-corrected chi connectivity index (χ1v) is 13.9. The summed E-state index contributed by atoms with van der Waals surface area (Å²) in [5, 5.41) is 20.7. The van der Waals surface area contributed by atoms with Crippen molar-refractivity contribution >= 4 is 21.7 Å². The first-order chi connectivity index (χ1) is 19.2. The molecule has 4 N–H and O–H groups in total. The Morgan fingerprint density at radius 2 is 1.71 bits per heavy atom. The Morgan fingerprint density at radius 1 is 1.02 bits per heavy atom. The monoisotopic (exact) mass is 586 g/mol. The van der Waals surface area contributed by atoms with E-state index in [-0.39, 0.29) is 22.7 Å². The van der Waals surface area contributed by atoms with E-state index in [4.69, 9.17) is 4.74 Å². The molecule has 0 radical (unpaired) electrons. The zero-order valence-corrected chi connectivity index (χ0v) is 22.5. The van der Waals surface area contributed by atoms with Crippen molar-refractivity contribution in [3.05, 3.63) is 95.6 Å². The zero-order chi connectivity index (χ0) is 29.6. The van der Waals surface area contributed by atoms with Crippen molar-refractivity contribution in [2.75, 3.05) is 5.32 Å². The van der Waals surface area contributed by atoms with Gasteiger partial charge in [0, 0.05) is 17.2 Å². The van der Waals surface area contributed by atoms with Crippen molar-refractivity contribution in [1.82, 2.24) is 14.9 Å². The summed E-state index contributed by atoms with van der Waals surface area (Å²) < 4.78 is 73.5. The van der Waals surface area contributed by atoms with Crippen LogP contribution >= 0.6 is 0 Å². The molecular formula is C28H25F3N4O5S. The molecule has 41 heavy (non-hydrogen) atoms. The molecule has 4 aromatic rings. The maximum Gasteiger partial charge on any atom is 0.416 e. The lowest BCUT2D eigenvalue weighted by atomic mass is 9.86. The van der Waals surface area contributed by atoms with E-state index in [1.807, 2.05) is 30.3 Å². The topological polar surface area (TPSA) is 133 Å². The number of sulfonamides is 1. The zero-order valence-electron chi connectivity index (χ0n) is 21.7. The number of hydrogen-bond donors (Lipinski definition) is 4. The summed E-state index contributed by atoms with van der Waals surface area (Å²) >= 11 is 0. The number of amides is 1. The summed E-state index contributed by atoms with van der Waals surface area (Å²) in [5.74, 6) is -0.0748. The maximum absolute atomic E-state index is 13.2. The molecule has 1 aromatic heterocycles. The molecule has 13 heteroatoms. The van der Waals surface area contributed by atoms with Crippen LogP contribution in [0.4, 0.5) is 19.0 Å². The van der Waals surface area contributed by atoms with E-state index < -0.39 is 50.3 Å². The summed E-state index contributed by atoms with van der Waals surface area (Å²) in [5.41, 5.74) is -0.395. The average Bonchev–Trinajstić information content (AvgIpc) is 3.39. The van der Waals surface area contributed by atoms with Gasteiger partial charge in [0.2, 0.25) is 10.0 Å². The summed E-state index contributed by atoms with van der Waals surface area (Å²) in [4.78, 5) is 12.7. The highest BCUT2D eigenvalue weighted by atomic mass is 32.2. The second-order valence-corrected chi connectivity index (χ2v) is 11.7. The number of rotatable bonds is 6. The highest BCUT2D eigenvalue weighted by Gasteiger charge is 2.45. The molecule has 0 saturated heterocycles. The molecular weight excluding hydrogens is 561 g/mol. The Balaban J connectivity index is 1.42. The number of fused-ring (bicyclic) bond motifs is 1. The number of alkyl halides is 3. The van der Waals surface area contributed by atoms with Gasteiger partial charge in [-0.2, -0.15) is 18.3 Å². The van der Waals surface area contributed by atoms with Crippen LogP contribution in [0.1, 0.15) is 41.4 Å². The number of nitrogens with zero attached hydrogens (tertiary/aromatic N) is 1. The highest BCUT2D eigenvalue weighted by Crippen LogP contribution is 2.41. The third-order valence-electron chi connectivity index (χ3n) is 6.69. The normalized spacial score (nSPS) is 18.3. The number of nitrogens with one attached hydrogen (secondary N) is 3. The summed E-state index contributed by atoms with van der Waals surface area (Å²) in [7, 11) is -4.40. The number of aromatic nitrogens is 2. The number of ether oxygens (including phenoxy) is 1. The number of halogens is 3. The maximum atomic E-state index is 13.2. The first-order valence-electron chi connectivity index (χ1n) is 12.4. The molecule has 2 heterocycles. The van der Waals surface area contributed by atoms with Crippen LogP contribution in [0.2, 0.25) is 0 Å². The lowest BCUT2D eigenvalue weighted by Crippen LogP contribution is -2.53. The Bertz CT molecular complexity index is 1690. The van der Waals surface area contributed by atoms with E-state index in [9.17, 15) is 31.5 Å². The van der Waals surface area contributed by atoms with E-state index in [1.165, 1.54) is 18.2 Å². The predicted octanol–water partition coefficient (Wildman–Crippen LogP) is 4.90.